The molecule has 0 atom stereocenters. The number of hydrogen-bond acceptors (Lipinski definition) is 4. The van der Waals surface area contributed by atoms with Crippen LogP contribution in [0.15, 0.2) is 12.1 Å². The lowest BCUT2D eigenvalue weighted by atomic mass is 10.4. The summed E-state index contributed by atoms with van der Waals surface area (Å²) in [6.07, 6.45) is 0. The molecule has 5 heteroatoms. The largest absolute Gasteiger partial charge is 0.459 e. The summed E-state index contributed by atoms with van der Waals surface area (Å²) in [5, 5.41) is 7.59. The first-order valence-corrected chi connectivity index (χ1v) is 3.68. The van der Waals surface area contributed by atoms with E-state index in [1.165, 1.54) is 6.92 Å². The molecule has 1 aromatic heterocycles. The van der Waals surface area contributed by atoms with Crippen LogP contribution in [0.3, 0.4) is 0 Å². The first-order chi connectivity index (χ1) is 5.68. The predicted octanol–water partition coefficient (Wildman–Crippen LogP) is 1.19. The Morgan fingerprint density at radius 2 is 2.33 bits per heavy atom. The third-order valence-corrected chi connectivity index (χ3v) is 1.31. The van der Waals surface area contributed by atoms with Gasteiger partial charge in [-0.3, -0.25) is 4.79 Å². The predicted molar refractivity (Wildman–Crippen MR) is 42.5 cm³/mol. The molecule has 0 saturated heterocycles. The number of hydrogen-bond donors (Lipinski definition) is 0. The van der Waals surface area contributed by atoms with Crippen molar-refractivity contribution in [3.8, 4) is 0 Å². The highest BCUT2D eigenvalue weighted by molar-refractivity contribution is 6.29. The van der Waals surface area contributed by atoms with E-state index in [2.05, 4.69) is 14.9 Å². The Morgan fingerprint density at radius 1 is 1.58 bits per heavy atom. The molecule has 0 saturated carbocycles. The van der Waals surface area contributed by atoms with Crippen molar-refractivity contribution in [2.45, 2.75) is 13.5 Å². The van der Waals surface area contributed by atoms with Crippen molar-refractivity contribution >= 4 is 17.6 Å². The number of carbonyl (C=O) groups excluding carboxylic acids is 1. The molecule has 0 N–H and O–H groups in total. The lowest BCUT2D eigenvalue weighted by Crippen LogP contribution is -2.01. The molecule has 0 amide bonds. The summed E-state index contributed by atoms with van der Waals surface area (Å²) in [6, 6.07) is 3.24. The lowest BCUT2D eigenvalue weighted by Gasteiger charge is -1.98. The monoisotopic (exact) mass is 186 g/mol. The van der Waals surface area contributed by atoms with Gasteiger partial charge in [0.1, 0.15) is 12.3 Å². The zero-order valence-corrected chi connectivity index (χ0v) is 7.21. The van der Waals surface area contributed by atoms with Gasteiger partial charge in [0, 0.05) is 6.92 Å². The van der Waals surface area contributed by atoms with Crippen molar-refractivity contribution in [2.75, 3.05) is 0 Å². The van der Waals surface area contributed by atoms with E-state index in [0.717, 1.165) is 0 Å². The number of carbonyl (C=O) groups is 1. The number of halogens is 1. The van der Waals surface area contributed by atoms with Gasteiger partial charge in [-0.05, 0) is 12.1 Å². The topological polar surface area (TPSA) is 52.1 Å². The lowest BCUT2D eigenvalue weighted by molar-refractivity contribution is -0.142. The second-order valence-corrected chi connectivity index (χ2v) is 2.51. The minimum absolute atomic E-state index is 0.138. The van der Waals surface area contributed by atoms with Crippen molar-refractivity contribution < 1.29 is 9.53 Å². The summed E-state index contributed by atoms with van der Waals surface area (Å²) < 4.78 is 4.68. The second-order valence-electron chi connectivity index (χ2n) is 2.13. The van der Waals surface area contributed by atoms with Crippen LogP contribution in [0.4, 0.5) is 0 Å². The van der Waals surface area contributed by atoms with Gasteiger partial charge in [-0.2, -0.15) is 5.10 Å². The van der Waals surface area contributed by atoms with Crippen molar-refractivity contribution in [3.63, 3.8) is 0 Å². The molecule has 1 aromatic rings. The van der Waals surface area contributed by atoms with Crippen LogP contribution in [0.25, 0.3) is 0 Å². The molecule has 0 aliphatic carbocycles. The zero-order valence-electron chi connectivity index (χ0n) is 6.45. The third-order valence-electron chi connectivity index (χ3n) is 1.11. The van der Waals surface area contributed by atoms with Gasteiger partial charge in [-0.1, -0.05) is 11.6 Å². The zero-order chi connectivity index (χ0) is 8.97. The van der Waals surface area contributed by atoms with Gasteiger partial charge in [-0.15, -0.1) is 5.10 Å². The summed E-state index contributed by atoms with van der Waals surface area (Å²) in [5.41, 5.74) is 0.578. The highest BCUT2D eigenvalue weighted by Crippen LogP contribution is 2.02. The van der Waals surface area contributed by atoms with Crippen LogP contribution in [-0.4, -0.2) is 16.2 Å². The molecule has 0 unspecified atom stereocenters. The van der Waals surface area contributed by atoms with Gasteiger partial charge >= 0.3 is 5.97 Å². The molecule has 0 fully saturated rings. The maximum Gasteiger partial charge on any atom is 0.303 e. The van der Waals surface area contributed by atoms with E-state index in [1.54, 1.807) is 12.1 Å². The number of aromatic nitrogens is 2. The first kappa shape index (κ1) is 8.93. The molecule has 4 nitrogen and oxygen atoms in total. The van der Waals surface area contributed by atoms with Gasteiger partial charge < -0.3 is 4.74 Å². The van der Waals surface area contributed by atoms with Crippen LogP contribution in [0.1, 0.15) is 12.6 Å². The Hall–Kier alpha value is -1.16. The molecule has 0 radical (unpaired) electrons. The van der Waals surface area contributed by atoms with E-state index in [9.17, 15) is 4.79 Å². The SMILES string of the molecule is CC(=O)OCc1ccc(Cl)nn1. The molecule has 0 spiro atoms. The molecule has 64 valence electrons. The van der Waals surface area contributed by atoms with E-state index in [0.29, 0.717) is 10.8 Å². The molecular weight excluding hydrogens is 180 g/mol. The maximum absolute atomic E-state index is 10.4. The highest BCUT2D eigenvalue weighted by atomic mass is 35.5. The van der Waals surface area contributed by atoms with Crippen molar-refractivity contribution in [1.82, 2.24) is 10.2 Å². The van der Waals surface area contributed by atoms with Crippen LogP contribution < -0.4 is 0 Å². The first-order valence-electron chi connectivity index (χ1n) is 3.30. The standard InChI is InChI=1S/C7H7ClN2O2/c1-5(11)12-4-6-2-3-7(8)10-9-6/h2-3H,4H2,1H3. The average molecular weight is 187 g/mol. The summed E-state index contributed by atoms with van der Waals surface area (Å²) in [7, 11) is 0. The van der Waals surface area contributed by atoms with Crippen molar-refractivity contribution in [2.24, 2.45) is 0 Å². The van der Waals surface area contributed by atoms with Crippen LogP contribution in [-0.2, 0) is 16.1 Å². The maximum atomic E-state index is 10.4. The minimum atomic E-state index is -0.341. The van der Waals surface area contributed by atoms with Crippen LogP contribution in [0, 0.1) is 0 Å². The average Bonchev–Trinajstić information content (AvgIpc) is 2.03. The van der Waals surface area contributed by atoms with Crippen LogP contribution in [0.2, 0.25) is 5.15 Å². The Labute approximate surface area is 74.5 Å². The van der Waals surface area contributed by atoms with Crippen LogP contribution in [0.5, 0.6) is 0 Å². The quantitative estimate of drug-likeness (QED) is 0.652. The number of rotatable bonds is 2. The summed E-state index contributed by atoms with van der Waals surface area (Å²) in [4.78, 5) is 10.4. The minimum Gasteiger partial charge on any atom is -0.459 e. The second kappa shape index (κ2) is 4.01. The van der Waals surface area contributed by atoms with Gasteiger partial charge in [-0.25, -0.2) is 0 Å². The Morgan fingerprint density at radius 3 is 2.83 bits per heavy atom. The van der Waals surface area contributed by atoms with Gasteiger partial charge in [0.15, 0.2) is 5.15 Å². The molecule has 1 heterocycles. The number of ether oxygens (including phenoxy) is 1. The fourth-order valence-electron chi connectivity index (χ4n) is 0.596. The Bertz CT molecular complexity index is 273. The molecule has 0 aliphatic rings. The van der Waals surface area contributed by atoms with E-state index in [1.807, 2.05) is 0 Å². The number of esters is 1. The van der Waals surface area contributed by atoms with E-state index < -0.39 is 0 Å². The molecule has 0 bridgehead atoms. The summed E-state index contributed by atoms with van der Waals surface area (Å²) in [6.45, 7) is 1.48. The van der Waals surface area contributed by atoms with Gasteiger partial charge in [0.25, 0.3) is 0 Å². The van der Waals surface area contributed by atoms with E-state index >= 15 is 0 Å². The Kier molecular flexibility index (Phi) is 2.99. The van der Waals surface area contributed by atoms with E-state index in [4.69, 9.17) is 11.6 Å². The highest BCUT2D eigenvalue weighted by Gasteiger charge is 1.97. The Balaban J connectivity index is 2.53. The van der Waals surface area contributed by atoms with Crippen LogP contribution >= 0.6 is 11.6 Å². The number of nitrogens with zero attached hydrogens (tertiary/aromatic N) is 2. The third kappa shape index (κ3) is 2.84. The van der Waals surface area contributed by atoms with Gasteiger partial charge in [0.05, 0.1) is 0 Å². The molecule has 0 aliphatic heterocycles. The normalized spacial score (nSPS) is 9.50. The van der Waals surface area contributed by atoms with Gasteiger partial charge in [0.2, 0.25) is 0 Å². The smallest absolute Gasteiger partial charge is 0.303 e. The van der Waals surface area contributed by atoms with Crippen molar-refractivity contribution in [1.29, 1.82) is 0 Å². The van der Waals surface area contributed by atoms with Crippen molar-refractivity contribution in [3.05, 3.63) is 23.0 Å². The fourth-order valence-corrected chi connectivity index (χ4v) is 0.697. The molecule has 12 heavy (non-hydrogen) atoms. The molecule has 1 rings (SSSR count). The molecule has 0 aromatic carbocycles. The molecular formula is C7H7ClN2O2. The van der Waals surface area contributed by atoms with E-state index in [-0.39, 0.29) is 12.6 Å². The summed E-state index contributed by atoms with van der Waals surface area (Å²) >= 11 is 5.49. The summed E-state index contributed by atoms with van der Waals surface area (Å²) in [5.74, 6) is -0.341. The fraction of sp³-hybridized carbons (Fsp3) is 0.286.